The number of nitrogens with zero attached hydrogens (tertiary/aromatic N) is 1. The Kier molecular flexibility index (Phi) is 8.83. The molecule has 37 heavy (non-hydrogen) atoms. The molecule has 0 saturated carbocycles. The fraction of sp³-hybridized carbons (Fsp3) is 0.700. The van der Waals surface area contributed by atoms with Gasteiger partial charge in [-0.1, -0.05) is 0 Å². The first-order valence-corrected chi connectivity index (χ1v) is 11.2. The van der Waals surface area contributed by atoms with Crippen LogP contribution in [0.2, 0.25) is 0 Å². The van der Waals surface area contributed by atoms with E-state index in [-0.39, 0.29) is 0 Å². The molecule has 2 amide bonds. The van der Waals surface area contributed by atoms with Crippen molar-refractivity contribution in [3.8, 4) is 0 Å². The maximum Gasteiger partial charge on any atom is 0.330 e. The van der Waals surface area contributed by atoms with Gasteiger partial charge in [0.1, 0.15) is 36.6 Å². The van der Waals surface area contributed by atoms with Crippen molar-refractivity contribution in [1.82, 2.24) is 20.2 Å². The average molecular weight is 534 g/mol. The van der Waals surface area contributed by atoms with Crippen molar-refractivity contribution < 1.29 is 54.8 Å². The van der Waals surface area contributed by atoms with E-state index >= 15 is 0 Å². The van der Waals surface area contributed by atoms with Crippen LogP contribution in [0.15, 0.2) is 21.9 Å². The lowest BCUT2D eigenvalue weighted by Gasteiger charge is -2.45. The molecule has 0 unspecified atom stereocenters. The van der Waals surface area contributed by atoms with Crippen LogP contribution in [0.5, 0.6) is 0 Å². The standard InChI is InChI=1S/C20H30N4O13/c1-7(26)22-12-8(27)4-20(35,37-16(12)13(30)9(28)6-25)18(33)21-5-10-14(31)15(32)17(36-10)24-3-2-11(29)23-19(24)34/h2-3,8-10,12-17,25,27-28,30-32,35H,4-6H2,1H3,(H,21,33)(H,22,26)(H,23,29,34)/t8-,9+,10+,12+,13+,14+,15+,16+,17+,20-/m0/s1. The van der Waals surface area contributed by atoms with E-state index in [0.717, 1.165) is 23.8 Å². The molecule has 2 saturated heterocycles. The highest BCUT2D eigenvalue weighted by Crippen LogP contribution is 2.31. The molecule has 2 aliphatic rings. The van der Waals surface area contributed by atoms with Gasteiger partial charge in [0.05, 0.1) is 18.8 Å². The number of nitrogens with one attached hydrogen (secondary N) is 3. The van der Waals surface area contributed by atoms with Crippen molar-refractivity contribution in [1.29, 1.82) is 0 Å². The minimum Gasteiger partial charge on any atom is -0.394 e. The van der Waals surface area contributed by atoms with Crippen molar-refractivity contribution in [3.63, 3.8) is 0 Å². The molecule has 10 atom stereocenters. The third kappa shape index (κ3) is 6.06. The molecule has 3 heterocycles. The third-order valence-electron chi connectivity index (χ3n) is 6.15. The molecule has 0 aromatic carbocycles. The lowest BCUT2D eigenvalue weighted by molar-refractivity contribution is -0.287. The molecule has 3 rings (SSSR count). The maximum absolute atomic E-state index is 12.8. The number of carbonyl (C=O) groups is 2. The zero-order chi connectivity index (χ0) is 27.7. The quantitative estimate of drug-likeness (QED) is 0.149. The van der Waals surface area contributed by atoms with Gasteiger partial charge in [-0.2, -0.15) is 0 Å². The number of rotatable bonds is 8. The van der Waals surface area contributed by atoms with Crippen LogP contribution in [-0.2, 0) is 19.1 Å². The highest BCUT2D eigenvalue weighted by atomic mass is 16.6. The lowest BCUT2D eigenvalue weighted by atomic mass is 9.88. The van der Waals surface area contributed by atoms with Crippen molar-refractivity contribution in [2.24, 2.45) is 0 Å². The van der Waals surface area contributed by atoms with Crippen molar-refractivity contribution in [3.05, 3.63) is 33.1 Å². The summed E-state index contributed by atoms with van der Waals surface area (Å²) in [7, 11) is 0. The van der Waals surface area contributed by atoms with Gasteiger partial charge < -0.3 is 55.9 Å². The normalized spacial score (nSPS) is 35.5. The first-order chi connectivity index (χ1) is 17.3. The van der Waals surface area contributed by atoms with Gasteiger partial charge in [-0.3, -0.25) is 23.9 Å². The van der Waals surface area contributed by atoms with Crippen LogP contribution in [0.1, 0.15) is 19.6 Å². The summed E-state index contributed by atoms with van der Waals surface area (Å²) in [5.74, 6) is -4.72. The molecule has 0 aliphatic carbocycles. The molecule has 208 valence electrons. The van der Waals surface area contributed by atoms with E-state index in [4.69, 9.17) is 14.6 Å². The van der Waals surface area contributed by atoms with Gasteiger partial charge in [0.25, 0.3) is 11.5 Å². The van der Waals surface area contributed by atoms with Crippen LogP contribution in [-0.4, -0.2) is 125 Å². The SMILES string of the molecule is CC(=O)N[C@H]1[C@H]([C@H](O)[C@H](O)CO)O[C@](O)(C(=O)NC[C@H]2O[C@@H](n3ccc(=O)[nH]c3=O)[C@H](O)[C@@H]2O)C[C@@H]1O. The first kappa shape index (κ1) is 28.8. The summed E-state index contributed by atoms with van der Waals surface area (Å²) in [5, 5.41) is 75.7. The number of aliphatic hydroxyl groups excluding tert-OH is 6. The molecule has 1 aromatic heterocycles. The summed E-state index contributed by atoms with van der Waals surface area (Å²) in [6, 6.07) is -0.374. The Morgan fingerprint density at radius 1 is 1.24 bits per heavy atom. The molecule has 0 radical (unpaired) electrons. The summed E-state index contributed by atoms with van der Waals surface area (Å²) in [4.78, 5) is 49.6. The molecule has 10 N–H and O–H groups in total. The largest absolute Gasteiger partial charge is 0.394 e. The predicted octanol–water partition coefficient (Wildman–Crippen LogP) is -6.67. The molecule has 1 aromatic rings. The van der Waals surface area contributed by atoms with Gasteiger partial charge in [-0.05, 0) is 0 Å². The minimum atomic E-state index is -2.80. The second kappa shape index (κ2) is 11.3. The van der Waals surface area contributed by atoms with E-state index in [1.807, 2.05) is 4.98 Å². The summed E-state index contributed by atoms with van der Waals surface area (Å²) in [6.45, 7) is -0.371. The molecule has 17 nitrogen and oxygen atoms in total. The van der Waals surface area contributed by atoms with Gasteiger partial charge in [-0.25, -0.2) is 4.79 Å². The fourth-order valence-corrected chi connectivity index (χ4v) is 4.23. The number of H-pyrrole nitrogens is 1. The summed E-state index contributed by atoms with van der Waals surface area (Å²) in [5.41, 5.74) is -1.62. The number of aromatic amines is 1. The summed E-state index contributed by atoms with van der Waals surface area (Å²) < 4.78 is 11.6. The second-order valence-electron chi connectivity index (χ2n) is 8.88. The minimum absolute atomic E-state index is 0.533. The Labute approximate surface area is 207 Å². The molecule has 0 bridgehead atoms. The Morgan fingerprint density at radius 2 is 1.92 bits per heavy atom. The van der Waals surface area contributed by atoms with E-state index in [1.165, 1.54) is 0 Å². The number of carbonyl (C=O) groups excluding carboxylic acids is 2. The zero-order valence-electron chi connectivity index (χ0n) is 19.5. The van der Waals surface area contributed by atoms with Gasteiger partial charge in [0.2, 0.25) is 11.7 Å². The van der Waals surface area contributed by atoms with Crippen molar-refractivity contribution >= 4 is 11.8 Å². The van der Waals surface area contributed by atoms with Crippen LogP contribution in [0, 0.1) is 0 Å². The van der Waals surface area contributed by atoms with Gasteiger partial charge in [0.15, 0.2) is 6.23 Å². The number of ether oxygens (including phenoxy) is 2. The monoisotopic (exact) mass is 534 g/mol. The maximum atomic E-state index is 12.8. The molecular weight excluding hydrogens is 504 g/mol. The molecular formula is C20H30N4O13. The Balaban J connectivity index is 1.72. The number of aromatic nitrogens is 2. The highest BCUT2D eigenvalue weighted by Gasteiger charge is 2.54. The van der Waals surface area contributed by atoms with E-state index < -0.39 is 103 Å². The lowest BCUT2D eigenvalue weighted by Crippen LogP contribution is -2.68. The van der Waals surface area contributed by atoms with E-state index in [2.05, 4.69) is 10.6 Å². The highest BCUT2D eigenvalue weighted by molar-refractivity contribution is 5.83. The summed E-state index contributed by atoms with van der Waals surface area (Å²) in [6.07, 6.45) is -12.9. The van der Waals surface area contributed by atoms with Crippen LogP contribution in [0.3, 0.4) is 0 Å². The predicted molar refractivity (Wildman–Crippen MR) is 117 cm³/mol. The van der Waals surface area contributed by atoms with Crippen LogP contribution in [0.4, 0.5) is 0 Å². The van der Waals surface area contributed by atoms with E-state index in [9.17, 15) is 49.8 Å². The Morgan fingerprint density at radius 3 is 2.51 bits per heavy atom. The van der Waals surface area contributed by atoms with E-state index in [1.54, 1.807) is 0 Å². The van der Waals surface area contributed by atoms with Gasteiger partial charge >= 0.3 is 5.69 Å². The molecule has 2 aliphatic heterocycles. The fourth-order valence-electron chi connectivity index (χ4n) is 4.23. The second-order valence-corrected chi connectivity index (χ2v) is 8.88. The van der Waals surface area contributed by atoms with Crippen molar-refractivity contribution in [2.45, 2.75) is 74.1 Å². The van der Waals surface area contributed by atoms with E-state index in [0.29, 0.717) is 0 Å². The number of hydrogen-bond donors (Lipinski definition) is 10. The van der Waals surface area contributed by atoms with Crippen LogP contribution >= 0.6 is 0 Å². The smallest absolute Gasteiger partial charge is 0.330 e. The molecule has 17 heteroatoms. The summed E-state index contributed by atoms with van der Waals surface area (Å²) >= 11 is 0. The number of aliphatic hydroxyl groups is 7. The van der Waals surface area contributed by atoms with Crippen LogP contribution < -0.4 is 21.9 Å². The third-order valence-corrected chi connectivity index (χ3v) is 6.15. The number of hydrogen-bond acceptors (Lipinski definition) is 13. The number of amides is 2. The Hall–Kier alpha value is -2.74. The van der Waals surface area contributed by atoms with Gasteiger partial charge in [-0.15, -0.1) is 0 Å². The molecule has 0 spiro atoms. The van der Waals surface area contributed by atoms with Crippen LogP contribution in [0.25, 0.3) is 0 Å². The average Bonchev–Trinajstić information content (AvgIpc) is 3.11. The Bertz CT molecular complexity index is 1090. The zero-order valence-corrected chi connectivity index (χ0v) is 19.5. The molecule has 2 fully saturated rings. The first-order valence-electron chi connectivity index (χ1n) is 11.2. The van der Waals surface area contributed by atoms with Crippen molar-refractivity contribution in [2.75, 3.05) is 13.2 Å². The van der Waals surface area contributed by atoms with Gasteiger partial charge in [0, 0.05) is 32.2 Å². The topological polar surface area (TPSA) is 273 Å².